The molecule has 0 bridgehead atoms. The molecular weight excluding hydrogens is 245 g/mol. The van der Waals surface area contributed by atoms with Gasteiger partial charge in [-0.3, -0.25) is 0 Å². The van der Waals surface area contributed by atoms with Gasteiger partial charge >= 0.3 is 6.18 Å². The van der Waals surface area contributed by atoms with Crippen LogP contribution in [0.15, 0.2) is 24.5 Å². The minimum atomic E-state index is -4.42. The van der Waals surface area contributed by atoms with E-state index in [9.17, 15) is 13.2 Å². The number of halogens is 4. The van der Waals surface area contributed by atoms with Gasteiger partial charge in [0.1, 0.15) is 0 Å². The molecule has 2 aromatic rings. The van der Waals surface area contributed by atoms with Crippen molar-refractivity contribution in [2.24, 2.45) is 0 Å². The van der Waals surface area contributed by atoms with Crippen molar-refractivity contribution in [3.8, 4) is 5.82 Å². The summed E-state index contributed by atoms with van der Waals surface area (Å²) in [6, 6.07) is 2.83. The van der Waals surface area contributed by atoms with Crippen LogP contribution >= 0.6 is 11.6 Å². The molecule has 0 N–H and O–H groups in total. The Morgan fingerprint density at radius 2 is 1.94 bits per heavy atom. The highest BCUT2D eigenvalue weighted by atomic mass is 35.5. The van der Waals surface area contributed by atoms with Gasteiger partial charge < -0.3 is 0 Å². The summed E-state index contributed by atoms with van der Waals surface area (Å²) in [5, 5.41) is 10.8. The third kappa shape index (κ3) is 2.13. The highest BCUT2D eigenvalue weighted by Crippen LogP contribution is 2.28. The van der Waals surface area contributed by atoms with Crippen LogP contribution in [0.25, 0.3) is 5.82 Å². The Morgan fingerprint density at radius 1 is 1.19 bits per heavy atom. The van der Waals surface area contributed by atoms with E-state index in [0.717, 1.165) is 17.1 Å². The minimum absolute atomic E-state index is 0.159. The molecule has 2 rings (SSSR count). The van der Waals surface area contributed by atoms with Crippen molar-refractivity contribution in [3.05, 3.63) is 35.2 Å². The molecule has 4 nitrogen and oxygen atoms in total. The van der Waals surface area contributed by atoms with Crippen molar-refractivity contribution in [2.45, 2.75) is 6.18 Å². The van der Waals surface area contributed by atoms with Gasteiger partial charge in [-0.25, -0.2) is 4.68 Å². The molecule has 0 amide bonds. The third-order valence-electron chi connectivity index (χ3n) is 1.76. The van der Waals surface area contributed by atoms with Crippen molar-refractivity contribution in [1.82, 2.24) is 20.0 Å². The van der Waals surface area contributed by atoms with Gasteiger partial charge in [0, 0.05) is 6.20 Å². The van der Waals surface area contributed by atoms with Crippen LogP contribution in [0.1, 0.15) is 5.56 Å². The summed E-state index contributed by atoms with van der Waals surface area (Å²) in [5.74, 6) is 0.167. The van der Waals surface area contributed by atoms with Crippen LogP contribution in [0.4, 0.5) is 13.2 Å². The highest BCUT2D eigenvalue weighted by molar-refractivity contribution is 6.29. The molecule has 0 aromatic carbocycles. The fourth-order valence-electron chi connectivity index (χ4n) is 1.03. The molecule has 16 heavy (non-hydrogen) atoms. The molecule has 0 aliphatic carbocycles. The van der Waals surface area contributed by atoms with Crippen LogP contribution in [0, 0.1) is 0 Å². The van der Waals surface area contributed by atoms with Crippen molar-refractivity contribution in [3.63, 3.8) is 0 Å². The minimum Gasteiger partial charge on any atom is -0.220 e. The zero-order valence-corrected chi connectivity index (χ0v) is 8.37. The van der Waals surface area contributed by atoms with Crippen molar-refractivity contribution < 1.29 is 13.2 Å². The van der Waals surface area contributed by atoms with E-state index < -0.39 is 11.7 Å². The van der Waals surface area contributed by atoms with Crippen LogP contribution in [-0.2, 0) is 6.18 Å². The Balaban J connectivity index is 2.35. The maximum Gasteiger partial charge on any atom is 0.419 e. The number of hydrogen-bond donors (Lipinski definition) is 0. The number of alkyl halides is 3. The van der Waals surface area contributed by atoms with E-state index in [0.29, 0.717) is 0 Å². The lowest BCUT2D eigenvalue weighted by molar-refractivity contribution is -0.137. The summed E-state index contributed by atoms with van der Waals surface area (Å²) in [6.07, 6.45) is -2.87. The first-order chi connectivity index (χ1) is 7.47. The van der Waals surface area contributed by atoms with Gasteiger partial charge in [0.05, 0.1) is 11.8 Å². The molecular formula is C8H4ClF3N4. The SMILES string of the molecule is FC(F)(F)c1cnn(-c2ccc(Cl)nn2)c1. The molecule has 0 spiro atoms. The average Bonchev–Trinajstić information content (AvgIpc) is 2.67. The Labute approximate surface area is 92.7 Å². The highest BCUT2D eigenvalue weighted by Gasteiger charge is 2.32. The summed E-state index contributed by atoms with van der Waals surface area (Å²) < 4.78 is 37.8. The van der Waals surface area contributed by atoms with Crippen LogP contribution in [0.5, 0.6) is 0 Å². The van der Waals surface area contributed by atoms with Crippen LogP contribution in [0.3, 0.4) is 0 Å². The largest absolute Gasteiger partial charge is 0.419 e. The average molecular weight is 249 g/mol. The summed E-state index contributed by atoms with van der Waals surface area (Å²) in [7, 11) is 0. The summed E-state index contributed by atoms with van der Waals surface area (Å²) in [6.45, 7) is 0. The fourth-order valence-corrected chi connectivity index (χ4v) is 1.13. The second-order valence-corrected chi connectivity index (χ2v) is 3.27. The predicted octanol–water partition coefficient (Wildman–Crippen LogP) is 2.33. The Bertz CT molecular complexity index is 491. The molecule has 2 heterocycles. The molecule has 0 aliphatic rings. The summed E-state index contributed by atoms with van der Waals surface area (Å²) in [5.41, 5.74) is -0.843. The van der Waals surface area contributed by atoms with E-state index in [4.69, 9.17) is 11.6 Å². The first kappa shape index (κ1) is 10.9. The summed E-state index contributed by atoms with van der Waals surface area (Å²) in [4.78, 5) is 0. The van der Waals surface area contributed by atoms with Crippen LogP contribution < -0.4 is 0 Å². The molecule has 84 valence electrons. The maximum absolute atomic E-state index is 12.3. The van der Waals surface area contributed by atoms with E-state index in [-0.39, 0.29) is 11.0 Å². The maximum atomic E-state index is 12.3. The molecule has 0 fully saturated rings. The van der Waals surface area contributed by atoms with Crippen molar-refractivity contribution in [2.75, 3.05) is 0 Å². The Morgan fingerprint density at radius 3 is 2.44 bits per heavy atom. The lowest BCUT2D eigenvalue weighted by Gasteiger charge is -2.01. The smallest absolute Gasteiger partial charge is 0.220 e. The fraction of sp³-hybridized carbons (Fsp3) is 0.125. The molecule has 0 aliphatic heterocycles. The second kappa shape index (κ2) is 3.75. The van der Waals surface area contributed by atoms with Crippen molar-refractivity contribution >= 4 is 11.6 Å². The van der Waals surface area contributed by atoms with E-state index in [2.05, 4.69) is 15.3 Å². The zero-order chi connectivity index (χ0) is 11.8. The van der Waals surface area contributed by atoms with Gasteiger partial charge in [-0.2, -0.15) is 18.3 Å². The van der Waals surface area contributed by atoms with Crippen LogP contribution in [-0.4, -0.2) is 20.0 Å². The third-order valence-corrected chi connectivity index (χ3v) is 1.96. The lowest BCUT2D eigenvalue weighted by Crippen LogP contribution is -2.03. The second-order valence-electron chi connectivity index (χ2n) is 2.89. The normalized spacial score (nSPS) is 11.8. The molecule has 2 aromatic heterocycles. The van der Waals surface area contributed by atoms with Gasteiger partial charge in [0.2, 0.25) is 0 Å². The van der Waals surface area contributed by atoms with Crippen LogP contribution in [0.2, 0.25) is 5.15 Å². The van der Waals surface area contributed by atoms with E-state index in [1.165, 1.54) is 12.1 Å². The standard InChI is InChI=1S/C8H4ClF3N4/c9-6-1-2-7(15-14-6)16-4-5(3-13-16)8(10,11)12/h1-4H. The van der Waals surface area contributed by atoms with Crippen molar-refractivity contribution in [1.29, 1.82) is 0 Å². The molecule has 0 saturated carbocycles. The Hall–Kier alpha value is -1.63. The topological polar surface area (TPSA) is 43.6 Å². The summed E-state index contributed by atoms with van der Waals surface area (Å²) >= 11 is 5.49. The van der Waals surface area contributed by atoms with Gasteiger partial charge in [-0.05, 0) is 12.1 Å². The number of rotatable bonds is 1. The van der Waals surface area contributed by atoms with Gasteiger partial charge in [0.15, 0.2) is 11.0 Å². The molecule has 0 unspecified atom stereocenters. The lowest BCUT2D eigenvalue weighted by atomic mass is 10.4. The van der Waals surface area contributed by atoms with E-state index >= 15 is 0 Å². The molecule has 0 saturated heterocycles. The molecule has 0 atom stereocenters. The van der Waals surface area contributed by atoms with Gasteiger partial charge in [0.25, 0.3) is 0 Å². The quantitative estimate of drug-likeness (QED) is 0.778. The number of aromatic nitrogens is 4. The Kier molecular flexibility index (Phi) is 2.55. The van der Waals surface area contributed by atoms with Gasteiger partial charge in [-0.1, -0.05) is 11.6 Å². The predicted molar refractivity (Wildman–Crippen MR) is 49.2 cm³/mol. The van der Waals surface area contributed by atoms with E-state index in [1.54, 1.807) is 0 Å². The molecule has 8 heteroatoms. The first-order valence-corrected chi connectivity index (χ1v) is 4.46. The number of hydrogen-bond acceptors (Lipinski definition) is 3. The molecule has 0 radical (unpaired) electrons. The van der Waals surface area contributed by atoms with Gasteiger partial charge in [-0.15, -0.1) is 10.2 Å². The number of nitrogens with zero attached hydrogens (tertiary/aromatic N) is 4. The first-order valence-electron chi connectivity index (χ1n) is 4.08. The zero-order valence-electron chi connectivity index (χ0n) is 7.61. The van der Waals surface area contributed by atoms with E-state index in [1.807, 2.05) is 0 Å². The monoisotopic (exact) mass is 248 g/mol.